The molecule has 0 radical (unpaired) electrons. The number of carbonyl (C=O) groups excluding carboxylic acids is 1. The van der Waals surface area contributed by atoms with Gasteiger partial charge in [-0.25, -0.2) is 0 Å². The van der Waals surface area contributed by atoms with E-state index in [2.05, 4.69) is 5.32 Å². The van der Waals surface area contributed by atoms with Gasteiger partial charge in [0.2, 0.25) is 0 Å². The predicted octanol–water partition coefficient (Wildman–Crippen LogP) is 0.590. The maximum Gasteiger partial charge on any atom is 0.150 e. The quantitative estimate of drug-likeness (QED) is 0.512. The summed E-state index contributed by atoms with van der Waals surface area (Å²) < 4.78 is 0. The van der Waals surface area contributed by atoms with E-state index in [9.17, 15) is 4.79 Å². The molecule has 3 N–H and O–H groups in total. The molecule has 0 amide bonds. The number of nitrogens with one attached hydrogen (secondary N) is 1. The van der Waals surface area contributed by atoms with Crippen LogP contribution in [0.4, 0.5) is 0 Å². The first-order valence-corrected chi connectivity index (χ1v) is 4.81. The van der Waals surface area contributed by atoms with Crippen LogP contribution < -0.4 is 11.1 Å². The van der Waals surface area contributed by atoms with Gasteiger partial charge in [0.15, 0.2) is 0 Å². The Morgan fingerprint density at radius 3 is 2.50 bits per heavy atom. The van der Waals surface area contributed by atoms with Gasteiger partial charge in [-0.05, 0) is 18.5 Å². The normalized spacial score (nSPS) is 10.1. The van der Waals surface area contributed by atoms with Crippen LogP contribution >= 0.6 is 0 Å². The third-order valence-corrected chi connectivity index (χ3v) is 2.03. The lowest BCUT2D eigenvalue weighted by molar-refractivity contribution is 0.112. The summed E-state index contributed by atoms with van der Waals surface area (Å²) in [6.45, 7) is 2.45. The standard InChI is InChI=1S/C11H16N2O/c12-6-8-13-7-5-10-1-3-11(9-14)4-2-10/h1-4,9,13H,5-8,12H2. The Hall–Kier alpha value is -1.19. The molecule has 0 fully saturated rings. The maximum atomic E-state index is 10.4. The largest absolute Gasteiger partial charge is 0.329 e. The third-order valence-electron chi connectivity index (χ3n) is 2.03. The molecule has 0 aliphatic rings. The second-order valence-electron chi connectivity index (χ2n) is 3.15. The maximum absolute atomic E-state index is 10.4. The van der Waals surface area contributed by atoms with Gasteiger partial charge >= 0.3 is 0 Å². The highest BCUT2D eigenvalue weighted by molar-refractivity contribution is 5.74. The molecule has 0 atom stereocenters. The van der Waals surface area contributed by atoms with Crippen molar-refractivity contribution in [3.8, 4) is 0 Å². The molecular weight excluding hydrogens is 176 g/mol. The number of benzene rings is 1. The van der Waals surface area contributed by atoms with Gasteiger partial charge in [0, 0.05) is 18.7 Å². The van der Waals surface area contributed by atoms with Gasteiger partial charge in [0.25, 0.3) is 0 Å². The molecule has 0 heterocycles. The van der Waals surface area contributed by atoms with Crippen molar-refractivity contribution in [1.82, 2.24) is 5.32 Å². The molecular formula is C11H16N2O. The predicted molar refractivity (Wildman–Crippen MR) is 57.5 cm³/mol. The SMILES string of the molecule is NCCNCCc1ccc(C=O)cc1. The lowest BCUT2D eigenvalue weighted by Crippen LogP contribution is -2.24. The van der Waals surface area contributed by atoms with E-state index in [1.165, 1.54) is 5.56 Å². The van der Waals surface area contributed by atoms with Crippen LogP contribution in [-0.2, 0) is 6.42 Å². The van der Waals surface area contributed by atoms with Crippen molar-refractivity contribution in [3.05, 3.63) is 35.4 Å². The average Bonchev–Trinajstić information content (AvgIpc) is 2.25. The molecule has 1 rings (SSSR count). The van der Waals surface area contributed by atoms with Gasteiger partial charge < -0.3 is 11.1 Å². The molecule has 0 aromatic heterocycles. The highest BCUT2D eigenvalue weighted by atomic mass is 16.1. The number of rotatable bonds is 6. The van der Waals surface area contributed by atoms with Crippen LogP contribution in [0.2, 0.25) is 0 Å². The van der Waals surface area contributed by atoms with E-state index in [1.54, 1.807) is 0 Å². The monoisotopic (exact) mass is 192 g/mol. The lowest BCUT2D eigenvalue weighted by Gasteiger charge is -2.03. The Bertz CT molecular complexity index is 269. The van der Waals surface area contributed by atoms with E-state index in [-0.39, 0.29) is 0 Å². The van der Waals surface area contributed by atoms with Crippen LogP contribution in [0.1, 0.15) is 15.9 Å². The second-order valence-corrected chi connectivity index (χ2v) is 3.15. The number of hydrogen-bond acceptors (Lipinski definition) is 3. The fraction of sp³-hybridized carbons (Fsp3) is 0.364. The number of hydrogen-bond donors (Lipinski definition) is 2. The minimum atomic E-state index is 0.671. The smallest absolute Gasteiger partial charge is 0.150 e. The van der Waals surface area contributed by atoms with Crippen LogP contribution in [0.5, 0.6) is 0 Å². The van der Waals surface area contributed by atoms with Crippen LogP contribution in [-0.4, -0.2) is 25.9 Å². The van der Waals surface area contributed by atoms with E-state index in [0.717, 1.165) is 31.4 Å². The average molecular weight is 192 g/mol. The Balaban J connectivity index is 2.32. The van der Waals surface area contributed by atoms with Gasteiger partial charge in [0.1, 0.15) is 6.29 Å². The van der Waals surface area contributed by atoms with Crippen molar-refractivity contribution in [2.45, 2.75) is 6.42 Å². The lowest BCUT2D eigenvalue weighted by atomic mass is 10.1. The molecule has 1 aromatic carbocycles. The zero-order chi connectivity index (χ0) is 10.2. The number of carbonyl (C=O) groups is 1. The summed E-state index contributed by atoms with van der Waals surface area (Å²) >= 11 is 0. The fourth-order valence-corrected chi connectivity index (χ4v) is 1.22. The highest BCUT2D eigenvalue weighted by Crippen LogP contribution is 2.02. The zero-order valence-electron chi connectivity index (χ0n) is 8.20. The van der Waals surface area contributed by atoms with E-state index >= 15 is 0 Å². The minimum absolute atomic E-state index is 0.671. The molecule has 1 aromatic rings. The van der Waals surface area contributed by atoms with Gasteiger partial charge in [-0.3, -0.25) is 4.79 Å². The van der Waals surface area contributed by atoms with Gasteiger partial charge in [-0.2, -0.15) is 0 Å². The summed E-state index contributed by atoms with van der Waals surface area (Å²) in [5.74, 6) is 0. The molecule has 0 aliphatic heterocycles. The van der Waals surface area contributed by atoms with Crippen molar-refractivity contribution in [1.29, 1.82) is 0 Å². The summed E-state index contributed by atoms with van der Waals surface area (Å²) in [4.78, 5) is 10.4. The van der Waals surface area contributed by atoms with Crippen molar-refractivity contribution >= 4 is 6.29 Å². The molecule has 0 saturated carbocycles. The molecule has 14 heavy (non-hydrogen) atoms. The summed E-state index contributed by atoms with van der Waals surface area (Å²) in [6.07, 6.45) is 1.83. The first kappa shape index (κ1) is 10.9. The first-order chi connectivity index (χ1) is 6.86. The van der Waals surface area contributed by atoms with Crippen LogP contribution in [0, 0.1) is 0 Å². The molecule has 0 bridgehead atoms. The summed E-state index contributed by atoms with van der Waals surface area (Å²) in [5, 5.41) is 3.22. The molecule has 3 nitrogen and oxygen atoms in total. The van der Waals surface area contributed by atoms with Crippen LogP contribution in [0.15, 0.2) is 24.3 Å². The number of aldehydes is 1. The highest BCUT2D eigenvalue weighted by Gasteiger charge is 1.93. The Labute approximate surface area is 84.3 Å². The van der Waals surface area contributed by atoms with Crippen molar-refractivity contribution in [3.63, 3.8) is 0 Å². The van der Waals surface area contributed by atoms with Crippen molar-refractivity contribution in [2.24, 2.45) is 5.73 Å². The first-order valence-electron chi connectivity index (χ1n) is 4.81. The zero-order valence-corrected chi connectivity index (χ0v) is 8.20. The van der Waals surface area contributed by atoms with Crippen molar-refractivity contribution < 1.29 is 4.79 Å². The van der Waals surface area contributed by atoms with Gasteiger partial charge in [-0.1, -0.05) is 24.3 Å². The van der Waals surface area contributed by atoms with E-state index in [1.807, 2.05) is 24.3 Å². The van der Waals surface area contributed by atoms with E-state index in [0.29, 0.717) is 6.54 Å². The molecule has 3 heteroatoms. The van der Waals surface area contributed by atoms with Crippen LogP contribution in [0.25, 0.3) is 0 Å². The minimum Gasteiger partial charge on any atom is -0.329 e. The van der Waals surface area contributed by atoms with Crippen LogP contribution in [0.3, 0.4) is 0 Å². The molecule has 0 spiro atoms. The van der Waals surface area contributed by atoms with Gasteiger partial charge in [-0.15, -0.1) is 0 Å². The van der Waals surface area contributed by atoms with Crippen molar-refractivity contribution in [2.75, 3.05) is 19.6 Å². The topological polar surface area (TPSA) is 55.1 Å². The second kappa shape index (κ2) is 6.29. The Kier molecular flexibility index (Phi) is 4.89. The summed E-state index contributed by atoms with van der Waals surface area (Å²) in [7, 11) is 0. The third kappa shape index (κ3) is 3.68. The molecule has 0 aliphatic carbocycles. The summed E-state index contributed by atoms with van der Waals surface area (Å²) in [6, 6.07) is 7.64. The molecule has 0 saturated heterocycles. The van der Waals surface area contributed by atoms with E-state index < -0.39 is 0 Å². The Morgan fingerprint density at radius 1 is 1.21 bits per heavy atom. The van der Waals surface area contributed by atoms with Gasteiger partial charge in [0.05, 0.1) is 0 Å². The molecule has 0 unspecified atom stereocenters. The number of nitrogens with two attached hydrogens (primary N) is 1. The molecule has 76 valence electrons. The van der Waals surface area contributed by atoms with E-state index in [4.69, 9.17) is 5.73 Å². The summed E-state index contributed by atoms with van der Waals surface area (Å²) in [5.41, 5.74) is 7.31. The fourth-order valence-electron chi connectivity index (χ4n) is 1.22. The Morgan fingerprint density at radius 2 is 1.93 bits per heavy atom.